The minimum absolute atomic E-state index is 0.129. The van der Waals surface area contributed by atoms with Crippen molar-refractivity contribution in [3.05, 3.63) is 28.3 Å². The van der Waals surface area contributed by atoms with Crippen molar-refractivity contribution in [2.24, 2.45) is 5.92 Å². The quantitative estimate of drug-likeness (QED) is 0.873. The highest BCUT2D eigenvalue weighted by molar-refractivity contribution is 5.81. The Balaban J connectivity index is 1.92. The molecule has 1 aliphatic heterocycles. The molecule has 6 heteroatoms. The number of aromatic nitrogens is 2. The van der Waals surface area contributed by atoms with E-state index in [1.54, 1.807) is 26.4 Å². The summed E-state index contributed by atoms with van der Waals surface area (Å²) in [6.07, 6.45) is 2.47. The highest BCUT2D eigenvalue weighted by Gasteiger charge is 2.20. The third-order valence-electron chi connectivity index (χ3n) is 4.66. The molecular weight excluding hydrogens is 294 g/mol. The summed E-state index contributed by atoms with van der Waals surface area (Å²) < 4.78 is 10.6. The van der Waals surface area contributed by atoms with Crippen LogP contribution < -0.4 is 19.9 Å². The molecule has 124 valence electrons. The maximum Gasteiger partial charge on any atom is 0.259 e. The maximum atomic E-state index is 12.4. The van der Waals surface area contributed by atoms with E-state index in [0.717, 1.165) is 31.4 Å². The molecule has 1 fully saturated rings. The molecule has 0 aliphatic carbocycles. The van der Waals surface area contributed by atoms with Crippen LogP contribution in [0.5, 0.6) is 11.5 Å². The molecule has 0 atom stereocenters. The maximum absolute atomic E-state index is 12.4. The number of fused-ring (bicyclic) bond motifs is 1. The fourth-order valence-corrected chi connectivity index (χ4v) is 3.18. The number of nitrogens with zero attached hydrogens (tertiary/aromatic N) is 1. The number of quaternary nitrogens is 1. The molecule has 2 heterocycles. The Bertz CT molecular complexity index is 749. The number of nitrogens with one attached hydrogen (secondary N) is 2. The van der Waals surface area contributed by atoms with Gasteiger partial charge in [0.2, 0.25) is 0 Å². The van der Waals surface area contributed by atoms with Crippen LogP contribution in [0.4, 0.5) is 0 Å². The Morgan fingerprint density at radius 1 is 1.22 bits per heavy atom. The van der Waals surface area contributed by atoms with Gasteiger partial charge in [0, 0.05) is 6.07 Å². The second kappa shape index (κ2) is 6.58. The second-order valence-electron chi connectivity index (χ2n) is 6.35. The molecule has 6 nitrogen and oxygen atoms in total. The summed E-state index contributed by atoms with van der Waals surface area (Å²) in [6.45, 7) is 5.32. The summed E-state index contributed by atoms with van der Waals surface area (Å²) in [5, 5.41) is 0.522. The first-order valence-electron chi connectivity index (χ1n) is 8.09. The van der Waals surface area contributed by atoms with Crippen molar-refractivity contribution in [1.82, 2.24) is 9.97 Å². The minimum Gasteiger partial charge on any atom is -0.493 e. The lowest BCUT2D eigenvalue weighted by atomic mass is 9.99. The predicted molar refractivity (Wildman–Crippen MR) is 88.3 cm³/mol. The number of piperidine rings is 1. The second-order valence-corrected chi connectivity index (χ2v) is 6.35. The zero-order valence-electron chi connectivity index (χ0n) is 13.9. The number of benzene rings is 1. The SMILES string of the molecule is COc1cc2nc(C[NH+]3CCC(C)CC3)[nH]c(=O)c2cc1OC. The number of hydrogen-bond acceptors (Lipinski definition) is 4. The fraction of sp³-hybridized carbons (Fsp3) is 0.529. The molecule has 0 bridgehead atoms. The number of H-pyrrole nitrogens is 1. The van der Waals surface area contributed by atoms with E-state index in [2.05, 4.69) is 16.9 Å². The van der Waals surface area contributed by atoms with Gasteiger partial charge in [-0.15, -0.1) is 0 Å². The van der Waals surface area contributed by atoms with Gasteiger partial charge in [0.05, 0.1) is 38.2 Å². The third-order valence-corrected chi connectivity index (χ3v) is 4.66. The number of hydrogen-bond donors (Lipinski definition) is 2. The lowest BCUT2D eigenvalue weighted by Crippen LogP contribution is -3.11. The Morgan fingerprint density at radius 3 is 2.52 bits per heavy atom. The Hall–Kier alpha value is -2.08. The topological polar surface area (TPSA) is 68.7 Å². The average Bonchev–Trinajstić information content (AvgIpc) is 2.56. The number of aromatic amines is 1. The van der Waals surface area contributed by atoms with Gasteiger partial charge in [-0.1, -0.05) is 6.92 Å². The van der Waals surface area contributed by atoms with Crippen LogP contribution in [-0.2, 0) is 6.54 Å². The standard InChI is InChI=1S/C17H23N3O3/c1-11-4-6-20(7-5-11)10-16-18-13-9-15(23-3)14(22-2)8-12(13)17(21)19-16/h8-9,11H,4-7,10H2,1-3H3,(H,18,19,21)/p+1. The molecule has 0 saturated carbocycles. The van der Waals surface area contributed by atoms with E-state index in [9.17, 15) is 4.79 Å². The van der Waals surface area contributed by atoms with Crippen LogP contribution in [0.25, 0.3) is 10.9 Å². The Labute approximate surface area is 135 Å². The van der Waals surface area contributed by atoms with Crippen LogP contribution >= 0.6 is 0 Å². The molecule has 1 aromatic carbocycles. The van der Waals surface area contributed by atoms with Crippen molar-refractivity contribution in [1.29, 1.82) is 0 Å². The molecule has 0 unspecified atom stereocenters. The number of methoxy groups -OCH3 is 2. The normalized spacial score (nSPS) is 21.3. The van der Waals surface area contributed by atoms with Crippen molar-refractivity contribution in [2.75, 3.05) is 27.3 Å². The van der Waals surface area contributed by atoms with Gasteiger partial charge in [0.25, 0.3) is 5.56 Å². The summed E-state index contributed by atoms with van der Waals surface area (Å²) in [6, 6.07) is 3.44. The van der Waals surface area contributed by atoms with Gasteiger partial charge in [0.15, 0.2) is 17.3 Å². The lowest BCUT2D eigenvalue weighted by molar-refractivity contribution is -0.920. The zero-order valence-corrected chi connectivity index (χ0v) is 13.9. The van der Waals surface area contributed by atoms with E-state index in [1.165, 1.54) is 17.7 Å². The Morgan fingerprint density at radius 2 is 1.87 bits per heavy atom. The van der Waals surface area contributed by atoms with E-state index < -0.39 is 0 Å². The van der Waals surface area contributed by atoms with E-state index in [0.29, 0.717) is 22.4 Å². The smallest absolute Gasteiger partial charge is 0.259 e. The van der Waals surface area contributed by atoms with Crippen LogP contribution in [-0.4, -0.2) is 37.3 Å². The van der Waals surface area contributed by atoms with E-state index >= 15 is 0 Å². The molecule has 0 amide bonds. The van der Waals surface area contributed by atoms with Crippen molar-refractivity contribution in [2.45, 2.75) is 26.3 Å². The first kappa shape index (κ1) is 15.8. The number of ether oxygens (including phenoxy) is 2. The van der Waals surface area contributed by atoms with Crippen molar-refractivity contribution in [3.8, 4) is 11.5 Å². The molecular formula is C17H24N3O3+. The molecule has 23 heavy (non-hydrogen) atoms. The summed E-state index contributed by atoms with van der Waals surface area (Å²) in [5.74, 6) is 2.66. The van der Waals surface area contributed by atoms with Gasteiger partial charge in [-0.05, 0) is 24.8 Å². The van der Waals surface area contributed by atoms with Crippen molar-refractivity contribution in [3.63, 3.8) is 0 Å². The van der Waals surface area contributed by atoms with Gasteiger partial charge in [-0.3, -0.25) is 4.79 Å². The minimum atomic E-state index is -0.129. The van der Waals surface area contributed by atoms with Crippen LogP contribution in [0, 0.1) is 5.92 Å². The predicted octanol–water partition coefficient (Wildman–Crippen LogP) is 0.755. The fourth-order valence-electron chi connectivity index (χ4n) is 3.18. The van der Waals surface area contributed by atoms with Gasteiger partial charge in [0.1, 0.15) is 6.54 Å². The van der Waals surface area contributed by atoms with Crippen LogP contribution in [0.2, 0.25) is 0 Å². The van der Waals surface area contributed by atoms with Gasteiger partial charge in [-0.2, -0.15) is 0 Å². The largest absolute Gasteiger partial charge is 0.493 e. The van der Waals surface area contributed by atoms with E-state index in [1.807, 2.05) is 0 Å². The number of rotatable bonds is 4. The number of likely N-dealkylation sites (tertiary alicyclic amines) is 1. The van der Waals surface area contributed by atoms with E-state index in [-0.39, 0.29) is 5.56 Å². The highest BCUT2D eigenvalue weighted by Crippen LogP contribution is 2.29. The van der Waals surface area contributed by atoms with Gasteiger partial charge < -0.3 is 19.4 Å². The zero-order chi connectivity index (χ0) is 16.4. The molecule has 2 N–H and O–H groups in total. The van der Waals surface area contributed by atoms with Crippen LogP contribution in [0.1, 0.15) is 25.6 Å². The molecule has 0 spiro atoms. The van der Waals surface area contributed by atoms with Gasteiger partial charge in [-0.25, -0.2) is 4.98 Å². The van der Waals surface area contributed by atoms with Crippen molar-refractivity contribution < 1.29 is 14.4 Å². The van der Waals surface area contributed by atoms with Crippen molar-refractivity contribution >= 4 is 10.9 Å². The third kappa shape index (κ3) is 3.32. The molecule has 3 rings (SSSR count). The Kier molecular flexibility index (Phi) is 4.52. The first-order valence-corrected chi connectivity index (χ1v) is 8.09. The average molecular weight is 318 g/mol. The lowest BCUT2D eigenvalue weighted by Gasteiger charge is -2.26. The summed E-state index contributed by atoms with van der Waals surface area (Å²) >= 11 is 0. The molecule has 1 aliphatic rings. The molecule has 2 aromatic rings. The monoisotopic (exact) mass is 318 g/mol. The van der Waals surface area contributed by atoms with Crippen LogP contribution in [0.3, 0.4) is 0 Å². The van der Waals surface area contributed by atoms with Crippen LogP contribution in [0.15, 0.2) is 16.9 Å². The highest BCUT2D eigenvalue weighted by atomic mass is 16.5. The van der Waals surface area contributed by atoms with E-state index in [4.69, 9.17) is 9.47 Å². The summed E-state index contributed by atoms with van der Waals surface area (Å²) in [7, 11) is 3.14. The summed E-state index contributed by atoms with van der Waals surface area (Å²) in [5.41, 5.74) is 0.516. The first-order chi connectivity index (χ1) is 11.1. The summed E-state index contributed by atoms with van der Waals surface area (Å²) in [4.78, 5) is 21.4. The molecule has 0 radical (unpaired) electrons. The molecule has 1 aromatic heterocycles. The molecule has 1 saturated heterocycles. The van der Waals surface area contributed by atoms with Gasteiger partial charge >= 0.3 is 0 Å².